The van der Waals surface area contributed by atoms with E-state index in [2.05, 4.69) is 51.8 Å². The smallest absolute Gasteiger partial charge is 0.361 e. The van der Waals surface area contributed by atoms with Crippen molar-refractivity contribution in [1.29, 1.82) is 0 Å². The largest absolute Gasteiger partial charge is 0.451 e. The van der Waals surface area contributed by atoms with Crippen molar-refractivity contribution >= 4 is 17.0 Å². The molecule has 1 spiro atoms. The highest BCUT2D eigenvalue weighted by Gasteiger charge is 2.50. The molecule has 2 aromatic rings. The van der Waals surface area contributed by atoms with Crippen molar-refractivity contribution in [2.45, 2.75) is 49.3 Å². The predicted octanol–water partition coefficient (Wildman–Crippen LogP) is 3.01. The van der Waals surface area contributed by atoms with Gasteiger partial charge in [0.1, 0.15) is 0 Å². The minimum atomic E-state index is -4.58. The number of nitrogens with one attached hydrogen (secondary N) is 1. The molecule has 2 N–H and O–H groups in total. The third kappa shape index (κ3) is 3.63. The lowest BCUT2D eigenvalue weighted by Crippen LogP contribution is -2.54. The standard InChI is InChI=1S/C19H24F3N5OS/c1-26(2)18(14-4-3-9-29-14)7-5-17(6-8-18)12-27(16(28)25-17)13-10-23-15(24-11-13)19(20,21)22/h3-4,9-11,16,25,28H,5-8,12H2,1-2H3/t16?,17-,18+. The van der Waals surface area contributed by atoms with Gasteiger partial charge >= 0.3 is 6.18 Å². The molecule has 10 heteroatoms. The number of aliphatic hydroxyl groups excluding tert-OH is 1. The van der Waals surface area contributed by atoms with Crippen molar-refractivity contribution in [2.24, 2.45) is 0 Å². The molecule has 2 aromatic heterocycles. The second-order valence-electron chi connectivity index (χ2n) is 8.09. The molecule has 4 rings (SSSR count). The van der Waals surface area contributed by atoms with Gasteiger partial charge in [-0.3, -0.25) is 10.2 Å². The zero-order chi connectivity index (χ0) is 20.9. The van der Waals surface area contributed by atoms with E-state index >= 15 is 0 Å². The minimum Gasteiger partial charge on any atom is -0.361 e. The molecule has 1 saturated heterocycles. The first-order valence-corrected chi connectivity index (χ1v) is 10.4. The van der Waals surface area contributed by atoms with Crippen molar-refractivity contribution < 1.29 is 18.3 Å². The van der Waals surface area contributed by atoms with Crippen molar-refractivity contribution in [3.63, 3.8) is 0 Å². The van der Waals surface area contributed by atoms with Gasteiger partial charge in [-0.25, -0.2) is 9.97 Å². The van der Waals surface area contributed by atoms with E-state index in [4.69, 9.17) is 0 Å². The number of alkyl halides is 3. The molecule has 1 unspecified atom stereocenters. The Morgan fingerprint density at radius 2 is 1.86 bits per heavy atom. The van der Waals surface area contributed by atoms with E-state index in [9.17, 15) is 18.3 Å². The molecule has 1 aliphatic carbocycles. The number of nitrogens with zero attached hydrogens (tertiary/aromatic N) is 4. The Hall–Kier alpha value is -1.75. The summed E-state index contributed by atoms with van der Waals surface area (Å²) in [6, 6.07) is 4.24. The highest BCUT2D eigenvalue weighted by molar-refractivity contribution is 7.10. The number of halogens is 3. The number of aliphatic hydroxyl groups is 1. The second-order valence-corrected chi connectivity index (χ2v) is 9.04. The molecule has 0 radical (unpaired) electrons. The molecule has 6 nitrogen and oxygen atoms in total. The molecule has 1 atom stereocenters. The molecule has 158 valence electrons. The summed E-state index contributed by atoms with van der Waals surface area (Å²) in [4.78, 5) is 12.1. The number of thiophene rings is 1. The van der Waals surface area contributed by atoms with Crippen LogP contribution in [0, 0.1) is 0 Å². The van der Waals surface area contributed by atoms with Gasteiger partial charge in [-0.2, -0.15) is 13.2 Å². The number of anilines is 1. The first kappa shape index (κ1) is 20.5. The first-order chi connectivity index (χ1) is 13.7. The van der Waals surface area contributed by atoms with E-state index < -0.39 is 18.4 Å². The van der Waals surface area contributed by atoms with Crippen LogP contribution in [0.4, 0.5) is 18.9 Å². The van der Waals surface area contributed by atoms with Crippen LogP contribution in [-0.2, 0) is 11.7 Å². The van der Waals surface area contributed by atoms with Crippen LogP contribution in [0.2, 0.25) is 0 Å². The molecule has 0 amide bonds. The Kier molecular flexibility index (Phi) is 5.09. The highest BCUT2D eigenvalue weighted by atomic mass is 32.1. The summed E-state index contributed by atoms with van der Waals surface area (Å²) in [6.45, 7) is 0.497. The molecule has 0 bridgehead atoms. The third-order valence-corrected chi connectivity index (χ3v) is 7.36. The average Bonchev–Trinajstić information content (AvgIpc) is 3.31. The van der Waals surface area contributed by atoms with E-state index in [1.807, 2.05) is 0 Å². The number of aromatic nitrogens is 2. The average molecular weight is 427 g/mol. The Bertz CT molecular complexity index is 833. The summed E-state index contributed by atoms with van der Waals surface area (Å²) in [5.74, 6) is -1.18. The fourth-order valence-electron chi connectivity index (χ4n) is 4.56. The fraction of sp³-hybridized carbons (Fsp3) is 0.579. The van der Waals surface area contributed by atoms with E-state index in [1.165, 1.54) is 4.88 Å². The van der Waals surface area contributed by atoms with Crippen molar-refractivity contribution in [2.75, 3.05) is 25.5 Å². The summed E-state index contributed by atoms with van der Waals surface area (Å²) in [6.07, 6.45) is 0.230. The van der Waals surface area contributed by atoms with Gasteiger partial charge in [0.15, 0.2) is 6.35 Å². The Labute approximate surface area is 171 Å². The Morgan fingerprint density at radius 1 is 1.21 bits per heavy atom. The monoisotopic (exact) mass is 427 g/mol. The van der Waals surface area contributed by atoms with E-state index in [-0.39, 0.29) is 11.1 Å². The molecule has 1 saturated carbocycles. The lowest BCUT2D eigenvalue weighted by Gasteiger charge is -2.48. The molecule has 2 aliphatic rings. The van der Waals surface area contributed by atoms with Gasteiger partial charge in [0.2, 0.25) is 5.82 Å². The van der Waals surface area contributed by atoms with Gasteiger partial charge in [0.25, 0.3) is 0 Å². The maximum atomic E-state index is 12.7. The number of hydrogen-bond acceptors (Lipinski definition) is 7. The number of hydrogen-bond donors (Lipinski definition) is 2. The molecule has 3 heterocycles. The topological polar surface area (TPSA) is 64.5 Å². The molecule has 29 heavy (non-hydrogen) atoms. The summed E-state index contributed by atoms with van der Waals surface area (Å²) in [7, 11) is 4.20. The van der Waals surface area contributed by atoms with Crippen LogP contribution in [0.25, 0.3) is 0 Å². The molecule has 0 aromatic carbocycles. The van der Waals surface area contributed by atoms with E-state index in [0.717, 1.165) is 38.1 Å². The zero-order valence-corrected chi connectivity index (χ0v) is 17.1. The summed E-state index contributed by atoms with van der Waals surface area (Å²) in [5, 5.41) is 15.9. The zero-order valence-electron chi connectivity index (χ0n) is 16.3. The molecular formula is C19H24F3N5OS. The fourth-order valence-corrected chi connectivity index (χ4v) is 5.63. The summed E-state index contributed by atoms with van der Waals surface area (Å²) >= 11 is 1.76. The van der Waals surface area contributed by atoms with E-state index in [0.29, 0.717) is 12.2 Å². The van der Waals surface area contributed by atoms with Crippen LogP contribution in [0.1, 0.15) is 36.4 Å². The number of rotatable bonds is 3. The normalized spacial score (nSPS) is 30.4. The first-order valence-electron chi connectivity index (χ1n) is 9.48. The Morgan fingerprint density at radius 3 is 2.38 bits per heavy atom. The van der Waals surface area contributed by atoms with Gasteiger partial charge < -0.3 is 10.0 Å². The SMILES string of the molecule is CN(C)[C@]1(c2cccs2)CC[C@]2(CC1)CN(c1cnc(C(F)(F)F)nc1)C(O)N2. The summed E-state index contributed by atoms with van der Waals surface area (Å²) < 4.78 is 38.1. The second kappa shape index (κ2) is 7.19. The van der Waals surface area contributed by atoms with Gasteiger partial charge in [-0.05, 0) is 51.2 Å². The summed E-state index contributed by atoms with van der Waals surface area (Å²) in [5.41, 5.74) is 0.0492. The molecule has 2 fully saturated rings. The molecular weight excluding hydrogens is 403 g/mol. The Balaban J connectivity index is 1.50. The van der Waals surface area contributed by atoms with E-state index in [1.54, 1.807) is 16.2 Å². The third-order valence-electron chi connectivity index (χ3n) is 6.30. The quantitative estimate of drug-likeness (QED) is 0.785. The van der Waals surface area contributed by atoms with Gasteiger partial charge in [0, 0.05) is 17.0 Å². The van der Waals surface area contributed by atoms with Crippen molar-refractivity contribution in [3.8, 4) is 0 Å². The lowest BCUT2D eigenvalue weighted by atomic mass is 9.71. The maximum absolute atomic E-state index is 12.7. The van der Waals surface area contributed by atoms with Crippen molar-refractivity contribution in [1.82, 2.24) is 20.2 Å². The lowest BCUT2D eigenvalue weighted by molar-refractivity contribution is -0.144. The van der Waals surface area contributed by atoms with Crippen LogP contribution in [0.5, 0.6) is 0 Å². The van der Waals surface area contributed by atoms with Crippen LogP contribution in [-0.4, -0.2) is 52.5 Å². The van der Waals surface area contributed by atoms with Gasteiger partial charge in [-0.1, -0.05) is 6.07 Å². The predicted molar refractivity (Wildman–Crippen MR) is 104 cm³/mol. The van der Waals surface area contributed by atoms with Gasteiger partial charge in [-0.15, -0.1) is 11.3 Å². The minimum absolute atomic E-state index is 0.0308. The van der Waals surface area contributed by atoms with Crippen LogP contribution in [0.15, 0.2) is 29.9 Å². The van der Waals surface area contributed by atoms with Crippen molar-refractivity contribution in [3.05, 3.63) is 40.6 Å². The molecule has 1 aliphatic heterocycles. The van der Waals surface area contributed by atoms with Gasteiger partial charge in [0.05, 0.1) is 23.6 Å². The highest BCUT2D eigenvalue weighted by Crippen LogP contribution is 2.47. The van der Waals surface area contributed by atoms with Crippen LogP contribution in [0.3, 0.4) is 0 Å². The van der Waals surface area contributed by atoms with Crippen LogP contribution >= 0.6 is 11.3 Å². The maximum Gasteiger partial charge on any atom is 0.451 e. The van der Waals surface area contributed by atoms with Crippen LogP contribution < -0.4 is 10.2 Å².